The molecule has 0 aliphatic heterocycles. The standard InChI is InChI=1S/C26H32N4O4/c1-15(2)30(18(5)24-27-14-23(28-24)19-9-7-6-8-10-19)25(32)22(29-26(33)34)13-21-16(3)11-20(31)12-17(21)4/h6-12,14-15,18,22,29,31H,13H2,1-5H3,(H,27,28)(H,33,34). The van der Waals surface area contributed by atoms with Gasteiger partial charge >= 0.3 is 6.09 Å². The predicted octanol–water partition coefficient (Wildman–Crippen LogP) is 4.58. The molecular weight excluding hydrogens is 432 g/mol. The lowest BCUT2D eigenvalue weighted by atomic mass is 9.95. The molecule has 180 valence electrons. The molecule has 0 radical (unpaired) electrons. The van der Waals surface area contributed by atoms with Crippen molar-refractivity contribution in [2.45, 2.75) is 59.2 Å². The topological polar surface area (TPSA) is 119 Å². The molecule has 0 bridgehead atoms. The lowest BCUT2D eigenvalue weighted by Crippen LogP contribution is -2.52. The van der Waals surface area contributed by atoms with E-state index in [9.17, 15) is 19.8 Å². The van der Waals surface area contributed by atoms with Gasteiger partial charge in [-0.3, -0.25) is 4.79 Å². The van der Waals surface area contributed by atoms with Crippen LogP contribution in [0.15, 0.2) is 48.7 Å². The van der Waals surface area contributed by atoms with Crippen LogP contribution in [0.5, 0.6) is 5.75 Å². The fourth-order valence-electron chi connectivity index (χ4n) is 4.36. The number of carbonyl (C=O) groups is 2. The summed E-state index contributed by atoms with van der Waals surface area (Å²) < 4.78 is 0. The Balaban J connectivity index is 1.91. The van der Waals surface area contributed by atoms with Gasteiger partial charge in [-0.1, -0.05) is 30.3 Å². The second-order valence-corrected chi connectivity index (χ2v) is 8.83. The zero-order valence-corrected chi connectivity index (χ0v) is 20.2. The normalized spacial score (nSPS) is 12.9. The van der Waals surface area contributed by atoms with Crippen LogP contribution in [0.2, 0.25) is 0 Å². The number of aromatic amines is 1. The second kappa shape index (κ2) is 10.4. The molecule has 0 saturated heterocycles. The number of rotatable bonds is 8. The molecule has 0 spiro atoms. The monoisotopic (exact) mass is 464 g/mol. The molecule has 34 heavy (non-hydrogen) atoms. The summed E-state index contributed by atoms with van der Waals surface area (Å²) in [6.07, 6.45) is 0.639. The predicted molar refractivity (Wildman–Crippen MR) is 131 cm³/mol. The van der Waals surface area contributed by atoms with Crippen LogP contribution in [-0.4, -0.2) is 49.2 Å². The van der Waals surface area contributed by atoms with Gasteiger partial charge in [-0.2, -0.15) is 0 Å². The van der Waals surface area contributed by atoms with E-state index in [4.69, 9.17) is 0 Å². The number of imidazole rings is 1. The summed E-state index contributed by atoms with van der Waals surface area (Å²) in [6.45, 7) is 9.33. The third kappa shape index (κ3) is 5.57. The zero-order chi connectivity index (χ0) is 25.0. The van der Waals surface area contributed by atoms with E-state index < -0.39 is 18.2 Å². The van der Waals surface area contributed by atoms with Gasteiger partial charge in [0.1, 0.15) is 17.6 Å². The van der Waals surface area contributed by atoms with E-state index in [1.54, 1.807) is 23.2 Å². The Bertz CT molecular complexity index is 1130. The number of nitrogens with zero attached hydrogens (tertiary/aromatic N) is 2. The first-order chi connectivity index (χ1) is 16.1. The highest BCUT2D eigenvalue weighted by Gasteiger charge is 2.33. The molecule has 1 aromatic heterocycles. The van der Waals surface area contributed by atoms with Crippen LogP contribution in [0.3, 0.4) is 0 Å². The lowest BCUT2D eigenvalue weighted by Gasteiger charge is -2.35. The number of aryl methyl sites for hydroxylation is 2. The Morgan fingerprint density at radius 3 is 2.26 bits per heavy atom. The average molecular weight is 465 g/mol. The Morgan fingerprint density at radius 2 is 1.71 bits per heavy atom. The van der Waals surface area contributed by atoms with E-state index in [0.717, 1.165) is 27.9 Å². The molecule has 8 heteroatoms. The first kappa shape index (κ1) is 24.8. The van der Waals surface area contributed by atoms with Gasteiger partial charge in [0.25, 0.3) is 0 Å². The van der Waals surface area contributed by atoms with Gasteiger partial charge in [0.05, 0.1) is 17.9 Å². The molecule has 8 nitrogen and oxygen atoms in total. The summed E-state index contributed by atoms with van der Waals surface area (Å²) in [5.41, 5.74) is 4.25. The number of hydrogen-bond acceptors (Lipinski definition) is 4. The summed E-state index contributed by atoms with van der Waals surface area (Å²) in [7, 11) is 0. The summed E-state index contributed by atoms with van der Waals surface area (Å²) in [5, 5.41) is 21.7. The SMILES string of the molecule is Cc1cc(O)cc(C)c1CC(NC(=O)O)C(=O)N(C(C)C)C(C)c1ncc(-c2ccccc2)[nH]1. The summed E-state index contributed by atoms with van der Waals surface area (Å²) in [5.74, 6) is 0.415. The fourth-order valence-corrected chi connectivity index (χ4v) is 4.36. The number of aromatic hydroxyl groups is 1. The van der Waals surface area contributed by atoms with Crippen LogP contribution in [-0.2, 0) is 11.2 Å². The molecule has 4 N–H and O–H groups in total. The van der Waals surface area contributed by atoms with Gasteiger partial charge in [-0.25, -0.2) is 9.78 Å². The summed E-state index contributed by atoms with van der Waals surface area (Å²) in [6, 6.07) is 11.4. The largest absolute Gasteiger partial charge is 0.508 e. The van der Waals surface area contributed by atoms with Crippen molar-refractivity contribution in [3.05, 3.63) is 71.2 Å². The number of amides is 2. The number of H-pyrrole nitrogens is 1. The number of hydrogen-bond donors (Lipinski definition) is 4. The van der Waals surface area contributed by atoms with Crippen LogP contribution >= 0.6 is 0 Å². The van der Waals surface area contributed by atoms with E-state index in [2.05, 4.69) is 15.3 Å². The quantitative estimate of drug-likeness (QED) is 0.389. The van der Waals surface area contributed by atoms with Crippen LogP contribution in [0.4, 0.5) is 4.79 Å². The molecule has 0 aliphatic carbocycles. The van der Waals surface area contributed by atoms with E-state index in [-0.39, 0.29) is 24.1 Å². The minimum Gasteiger partial charge on any atom is -0.508 e. The van der Waals surface area contributed by atoms with Gasteiger partial charge in [0.2, 0.25) is 5.91 Å². The van der Waals surface area contributed by atoms with Crippen molar-refractivity contribution in [1.29, 1.82) is 0 Å². The average Bonchev–Trinajstić information content (AvgIpc) is 3.26. The van der Waals surface area contributed by atoms with Crippen molar-refractivity contribution in [1.82, 2.24) is 20.2 Å². The maximum absolute atomic E-state index is 13.7. The zero-order valence-electron chi connectivity index (χ0n) is 20.2. The van der Waals surface area contributed by atoms with Gasteiger partial charge in [-0.15, -0.1) is 0 Å². The molecule has 1 heterocycles. The van der Waals surface area contributed by atoms with Crippen LogP contribution in [0, 0.1) is 13.8 Å². The smallest absolute Gasteiger partial charge is 0.405 e. The Kier molecular flexibility index (Phi) is 7.61. The third-order valence-electron chi connectivity index (χ3n) is 5.99. The first-order valence-electron chi connectivity index (χ1n) is 11.3. The fraction of sp³-hybridized carbons (Fsp3) is 0.346. The molecular formula is C26H32N4O4. The Labute approximate surface area is 199 Å². The van der Waals surface area contributed by atoms with Gasteiger partial charge < -0.3 is 25.4 Å². The maximum atomic E-state index is 13.7. The number of phenolic OH excluding ortho intramolecular Hbond substituents is 1. The van der Waals surface area contributed by atoms with E-state index in [1.807, 2.05) is 65.0 Å². The van der Waals surface area contributed by atoms with Crippen molar-refractivity contribution < 1.29 is 19.8 Å². The summed E-state index contributed by atoms with van der Waals surface area (Å²) in [4.78, 5) is 34.8. The molecule has 0 saturated carbocycles. The van der Waals surface area contributed by atoms with Crippen molar-refractivity contribution in [2.75, 3.05) is 0 Å². The molecule has 3 aromatic rings. The van der Waals surface area contributed by atoms with Gasteiger partial charge in [0.15, 0.2) is 0 Å². The number of benzene rings is 2. The van der Waals surface area contributed by atoms with E-state index >= 15 is 0 Å². The Hall–Kier alpha value is -3.81. The molecule has 2 aromatic carbocycles. The first-order valence-corrected chi connectivity index (χ1v) is 11.3. The molecule has 3 rings (SSSR count). The highest BCUT2D eigenvalue weighted by atomic mass is 16.4. The van der Waals surface area contributed by atoms with E-state index in [0.29, 0.717) is 5.82 Å². The van der Waals surface area contributed by atoms with Crippen molar-refractivity contribution in [3.8, 4) is 17.0 Å². The minimum atomic E-state index is -1.27. The minimum absolute atomic E-state index is 0.136. The third-order valence-corrected chi connectivity index (χ3v) is 5.99. The number of carbonyl (C=O) groups excluding carboxylic acids is 1. The van der Waals surface area contributed by atoms with Crippen LogP contribution in [0.25, 0.3) is 11.3 Å². The summed E-state index contributed by atoms with van der Waals surface area (Å²) >= 11 is 0. The molecule has 2 unspecified atom stereocenters. The van der Waals surface area contributed by atoms with Crippen LogP contribution in [0.1, 0.15) is 49.3 Å². The van der Waals surface area contributed by atoms with Gasteiger partial charge in [0, 0.05) is 12.5 Å². The van der Waals surface area contributed by atoms with E-state index in [1.165, 1.54) is 0 Å². The molecule has 0 fully saturated rings. The van der Waals surface area contributed by atoms with Crippen LogP contribution < -0.4 is 5.32 Å². The Morgan fingerprint density at radius 1 is 1.09 bits per heavy atom. The van der Waals surface area contributed by atoms with Crippen molar-refractivity contribution >= 4 is 12.0 Å². The second-order valence-electron chi connectivity index (χ2n) is 8.83. The number of nitrogens with one attached hydrogen (secondary N) is 2. The van der Waals surface area contributed by atoms with Crippen molar-refractivity contribution in [2.24, 2.45) is 0 Å². The lowest BCUT2D eigenvalue weighted by molar-refractivity contribution is -0.137. The molecule has 2 amide bonds. The maximum Gasteiger partial charge on any atom is 0.405 e. The highest BCUT2D eigenvalue weighted by Crippen LogP contribution is 2.27. The van der Waals surface area contributed by atoms with Crippen molar-refractivity contribution in [3.63, 3.8) is 0 Å². The number of carboxylic acid groups (broad SMARTS) is 1. The number of phenols is 1. The molecule has 0 aliphatic rings. The van der Waals surface area contributed by atoms with Gasteiger partial charge in [-0.05, 0) is 69.0 Å². The number of aromatic nitrogens is 2. The molecule has 2 atom stereocenters. The highest BCUT2D eigenvalue weighted by molar-refractivity contribution is 5.86.